The van der Waals surface area contributed by atoms with Gasteiger partial charge in [-0.15, -0.1) is 0 Å². The molecule has 1 aliphatic rings. The molecule has 0 aromatic heterocycles. The fraction of sp³-hybridized carbons (Fsp3) is 0.385. The first-order valence-corrected chi connectivity index (χ1v) is 7.55. The molecular weight excluding hydrogens is 234 g/mol. The summed E-state index contributed by atoms with van der Waals surface area (Å²) in [7, 11) is -2.77. The standard InChI is InChI=1S/C13H17NO2S/c1-2-12-3-5-13(6-4-12)11-14-7-9-17(15,16)10-8-14/h2-6H,1,7-11H2. The molecule has 0 bridgehead atoms. The Morgan fingerprint density at radius 2 is 1.76 bits per heavy atom. The van der Waals surface area contributed by atoms with Crippen LogP contribution in [-0.2, 0) is 16.4 Å². The molecule has 0 atom stereocenters. The summed E-state index contributed by atoms with van der Waals surface area (Å²) in [5.74, 6) is 0.579. The van der Waals surface area contributed by atoms with Crippen LogP contribution in [-0.4, -0.2) is 37.9 Å². The minimum Gasteiger partial charge on any atom is -0.297 e. The fourth-order valence-electron chi connectivity index (χ4n) is 1.93. The molecule has 92 valence electrons. The fourth-order valence-corrected chi connectivity index (χ4v) is 3.20. The van der Waals surface area contributed by atoms with Gasteiger partial charge < -0.3 is 0 Å². The Hall–Kier alpha value is -1.13. The predicted octanol–water partition coefficient (Wildman–Crippen LogP) is 1.56. The summed E-state index contributed by atoms with van der Waals surface area (Å²) in [5, 5.41) is 0. The van der Waals surface area contributed by atoms with Gasteiger partial charge >= 0.3 is 0 Å². The van der Waals surface area contributed by atoms with Crippen molar-refractivity contribution < 1.29 is 8.42 Å². The van der Waals surface area contributed by atoms with E-state index >= 15 is 0 Å². The third-order valence-corrected chi connectivity index (χ3v) is 4.67. The number of sulfone groups is 1. The molecule has 0 spiro atoms. The Bertz CT molecular complexity index is 477. The summed E-state index contributed by atoms with van der Waals surface area (Å²) in [5.41, 5.74) is 2.32. The van der Waals surface area contributed by atoms with Gasteiger partial charge in [0.1, 0.15) is 0 Å². The lowest BCUT2D eigenvalue weighted by molar-refractivity contribution is 0.287. The van der Waals surface area contributed by atoms with E-state index in [1.807, 2.05) is 18.2 Å². The molecule has 1 aromatic rings. The van der Waals surface area contributed by atoms with E-state index in [2.05, 4.69) is 23.6 Å². The zero-order valence-electron chi connectivity index (χ0n) is 9.80. The van der Waals surface area contributed by atoms with Gasteiger partial charge in [0.05, 0.1) is 11.5 Å². The molecule has 0 amide bonds. The number of nitrogens with zero attached hydrogens (tertiary/aromatic N) is 1. The minimum atomic E-state index is -2.77. The normalized spacial score (nSPS) is 20.0. The first-order valence-electron chi connectivity index (χ1n) is 5.73. The van der Waals surface area contributed by atoms with E-state index in [4.69, 9.17) is 0 Å². The van der Waals surface area contributed by atoms with Crippen LogP contribution in [0.25, 0.3) is 6.08 Å². The Morgan fingerprint density at radius 1 is 1.18 bits per heavy atom. The molecule has 2 rings (SSSR count). The second-order valence-corrected chi connectivity index (χ2v) is 6.68. The molecule has 0 aliphatic carbocycles. The first-order chi connectivity index (χ1) is 8.09. The maximum Gasteiger partial charge on any atom is 0.152 e. The van der Waals surface area contributed by atoms with Crippen molar-refractivity contribution in [2.24, 2.45) is 0 Å². The van der Waals surface area contributed by atoms with Gasteiger partial charge in [0, 0.05) is 19.6 Å². The lowest BCUT2D eigenvalue weighted by Crippen LogP contribution is -2.39. The molecule has 1 aromatic carbocycles. The molecule has 1 aliphatic heterocycles. The maximum absolute atomic E-state index is 11.3. The average molecular weight is 251 g/mol. The highest BCUT2D eigenvalue weighted by Gasteiger charge is 2.21. The highest BCUT2D eigenvalue weighted by molar-refractivity contribution is 7.91. The zero-order chi connectivity index (χ0) is 12.3. The van der Waals surface area contributed by atoms with Gasteiger partial charge in [-0.05, 0) is 11.1 Å². The SMILES string of the molecule is C=Cc1ccc(CN2CCS(=O)(=O)CC2)cc1. The summed E-state index contributed by atoms with van der Waals surface area (Å²) in [6.07, 6.45) is 1.82. The number of hydrogen-bond donors (Lipinski definition) is 0. The molecule has 0 unspecified atom stereocenters. The topological polar surface area (TPSA) is 37.4 Å². The van der Waals surface area contributed by atoms with Crippen LogP contribution < -0.4 is 0 Å². The molecule has 0 N–H and O–H groups in total. The maximum atomic E-state index is 11.3. The summed E-state index contributed by atoms with van der Waals surface area (Å²) in [4.78, 5) is 2.18. The molecule has 4 heteroatoms. The van der Waals surface area contributed by atoms with Crippen LogP contribution in [0.3, 0.4) is 0 Å². The molecule has 17 heavy (non-hydrogen) atoms. The number of benzene rings is 1. The van der Waals surface area contributed by atoms with Crippen LogP contribution in [0.15, 0.2) is 30.8 Å². The molecule has 3 nitrogen and oxygen atoms in total. The van der Waals surface area contributed by atoms with Gasteiger partial charge in [0.25, 0.3) is 0 Å². The van der Waals surface area contributed by atoms with Gasteiger partial charge in [0.15, 0.2) is 9.84 Å². The molecule has 1 fully saturated rings. The van der Waals surface area contributed by atoms with Crippen LogP contribution in [0.1, 0.15) is 11.1 Å². The predicted molar refractivity (Wildman–Crippen MR) is 70.5 cm³/mol. The second-order valence-electron chi connectivity index (χ2n) is 4.37. The van der Waals surface area contributed by atoms with E-state index in [-0.39, 0.29) is 11.5 Å². The largest absolute Gasteiger partial charge is 0.297 e. The monoisotopic (exact) mass is 251 g/mol. The van der Waals surface area contributed by atoms with Gasteiger partial charge in [-0.1, -0.05) is 36.9 Å². The summed E-state index contributed by atoms with van der Waals surface area (Å²) in [6, 6.07) is 8.20. The molecule has 1 heterocycles. The number of hydrogen-bond acceptors (Lipinski definition) is 3. The average Bonchev–Trinajstić information content (AvgIpc) is 2.33. The van der Waals surface area contributed by atoms with Crippen molar-refractivity contribution in [3.63, 3.8) is 0 Å². The van der Waals surface area contributed by atoms with Crippen LogP contribution in [0.5, 0.6) is 0 Å². The summed E-state index contributed by atoms with van der Waals surface area (Å²) in [6.45, 7) is 5.83. The van der Waals surface area contributed by atoms with Crippen LogP contribution >= 0.6 is 0 Å². The first kappa shape index (κ1) is 12.3. The van der Waals surface area contributed by atoms with Crippen LogP contribution in [0, 0.1) is 0 Å². The van der Waals surface area contributed by atoms with Gasteiger partial charge in [0.2, 0.25) is 0 Å². The van der Waals surface area contributed by atoms with Crippen molar-refractivity contribution in [3.05, 3.63) is 42.0 Å². The van der Waals surface area contributed by atoms with Gasteiger partial charge in [-0.25, -0.2) is 8.42 Å². The van der Waals surface area contributed by atoms with E-state index in [0.717, 1.165) is 12.1 Å². The molecular formula is C13H17NO2S. The van der Waals surface area contributed by atoms with Crippen LogP contribution in [0.4, 0.5) is 0 Å². The lowest BCUT2D eigenvalue weighted by Gasteiger charge is -2.26. The highest BCUT2D eigenvalue weighted by Crippen LogP contribution is 2.11. The van der Waals surface area contributed by atoms with Gasteiger partial charge in [-0.3, -0.25) is 4.90 Å². The number of rotatable bonds is 3. The summed E-state index contributed by atoms with van der Waals surface area (Å²) < 4.78 is 22.6. The summed E-state index contributed by atoms with van der Waals surface area (Å²) >= 11 is 0. The van der Waals surface area contributed by atoms with Crippen molar-refractivity contribution in [2.75, 3.05) is 24.6 Å². The van der Waals surface area contributed by atoms with E-state index < -0.39 is 9.84 Å². The Balaban J connectivity index is 1.95. The van der Waals surface area contributed by atoms with Crippen molar-refractivity contribution in [2.45, 2.75) is 6.54 Å². The van der Waals surface area contributed by atoms with Crippen molar-refractivity contribution in [3.8, 4) is 0 Å². The van der Waals surface area contributed by atoms with E-state index in [9.17, 15) is 8.42 Å². The molecule has 0 radical (unpaired) electrons. The van der Waals surface area contributed by atoms with Crippen molar-refractivity contribution in [1.82, 2.24) is 4.90 Å². The minimum absolute atomic E-state index is 0.289. The smallest absolute Gasteiger partial charge is 0.152 e. The van der Waals surface area contributed by atoms with E-state index in [1.165, 1.54) is 5.56 Å². The second kappa shape index (κ2) is 5.02. The quantitative estimate of drug-likeness (QED) is 0.818. The third-order valence-electron chi connectivity index (χ3n) is 3.06. The van der Waals surface area contributed by atoms with E-state index in [0.29, 0.717) is 13.1 Å². The molecule has 1 saturated heterocycles. The third kappa shape index (κ3) is 3.41. The van der Waals surface area contributed by atoms with Crippen molar-refractivity contribution in [1.29, 1.82) is 0 Å². The Morgan fingerprint density at radius 3 is 2.29 bits per heavy atom. The Labute approximate surface area is 103 Å². The molecule has 0 saturated carbocycles. The van der Waals surface area contributed by atoms with E-state index in [1.54, 1.807) is 0 Å². The zero-order valence-corrected chi connectivity index (χ0v) is 10.6. The highest BCUT2D eigenvalue weighted by atomic mass is 32.2. The van der Waals surface area contributed by atoms with Crippen molar-refractivity contribution >= 4 is 15.9 Å². The van der Waals surface area contributed by atoms with Gasteiger partial charge in [-0.2, -0.15) is 0 Å². The Kier molecular flexibility index (Phi) is 3.64. The lowest BCUT2D eigenvalue weighted by atomic mass is 10.1. The van der Waals surface area contributed by atoms with Crippen LogP contribution in [0.2, 0.25) is 0 Å².